The Morgan fingerprint density at radius 2 is 1.72 bits per heavy atom. The van der Waals surface area contributed by atoms with E-state index in [1.165, 1.54) is 12.1 Å². The van der Waals surface area contributed by atoms with Crippen LogP contribution in [0.1, 0.15) is 59.5 Å². The summed E-state index contributed by atoms with van der Waals surface area (Å²) in [6, 6.07) is 9.46. The Morgan fingerprint density at radius 3 is 2.34 bits per heavy atom. The summed E-state index contributed by atoms with van der Waals surface area (Å²) in [5, 5.41) is 19.9. The molecule has 1 aliphatic carbocycles. The number of aryl methyl sites for hydroxylation is 1. The lowest BCUT2D eigenvalue weighted by Gasteiger charge is -2.25. The number of carbonyl (C=O) groups is 1. The minimum absolute atomic E-state index is 0.00626. The van der Waals surface area contributed by atoms with Crippen molar-refractivity contribution < 1.29 is 28.2 Å². The predicted molar refractivity (Wildman–Crippen MR) is 110 cm³/mol. The Morgan fingerprint density at radius 1 is 1.07 bits per heavy atom. The lowest BCUT2D eigenvalue weighted by Crippen LogP contribution is -2.16. The van der Waals surface area contributed by atoms with E-state index < -0.39 is 15.8 Å². The maximum absolute atomic E-state index is 12.5. The van der Waals surface area contributed by atoms with Gasteiger partial charge >= 0.3 is 5.97 Å². The zero-order chi connectivity index (χ0) is 21.0. The Bertz CT molecular complexity index is 973. The van der Waals surface area contributed by atoms with Crippen molar-refractivity contribution in [3.05, 3.63) is 53.1 Å². The molecular weight excluding hydrogens is 392 g/mol. The fraction of sp³-hybridized carbons (Fsp3) is 0.409. The van der Waals surface area contributed by atoms with E-state index in [-0.39, 0.29) is 34.5 Å². The van der Waals surface area contributed by atoms with Gasteiger partial charge in [-0.3, -0.25) is 0 Å². The average molecular weight is 419 g/mol. The lowest BCUT2D eigenvalue weighted by atomic mass is 9.82. The van der Waals surface area contributed by atoms with Gasteiger partial charge in [0.05, 0.1) is 10.6 Å². The molecule has 7 heteroatoms. The van der Waals surface area contributed by atoms with Crippen LogP contribution in [0.25, 0.3) is 0 Å². The molecule has 0 spiro atoms. The number of hydrogen-bond donors (Lipinski definition) is 2. The third-order valence-corrected chi connectivity index (χ3v) is 7.11. The fourth-order valence-corrected chi connectivity index (χ4v) is 4.89. The van der Waals surface area contributed by atoms with Gasteiger partial charge in [0.1, 0.15) is 23.7 Å². The molecule has 1 saturated carbocycles. The molecule has 0 aliphatic heterocycles. The smallest absolute Gasteiger partial charge is 0.339 e. The van der Waals surface area contributed by atoms with Crippen LogP contribution in [0.3, 0.4) is 0 Å². The van der Waals surface area contributed by atoms with Gasteiger partial charge in [0.2, 0.25) is 0 Å². The molecule has 1 fully saturated rings. The Kier molecular flexibility index (Phi) is 6.47. The summed E-state index contributed by atoms with van der Waals surface area (Å²) in [6.07, 6.45) is 4.80. The van der Waals surface area contributed by atoms with Crippen molar-refractivity contribution in [2.24, 2.45) is 0 Å². The molecule has 0 atom stereocenters. The minimum atomic E-state index is -3.50. The third-order valence-electron chi connectivity index (χ3n) is 5.41. The molecule has 0 saturated heterocycles. The molecule has 3 rings (SSSR count). The van der Waals surface area contributed by atoms with Crippen molar-refractivity contribution >= 4 is 15.8 Å². The van der Waals surface area contributed by atoms with Gasteiger partial charge in [-0.1, -0.05) is 37.0 Å². The summed E-state index contributed by atoms with van der Waals surface area (Å²) >= 11 is 0. The van der Waals surface area contributed by atoms with Crippen LogP contribution in [-0.4, -0.2) is 37.0 Å². The summed E-state index contributed by atoms with van der Waals surface area (Å²) in [4.78, 5) is 11.7. The van der Waals surface area contributed by atoms with Crippen molar-refractivity contribution in [2.75, 3.05) is 12.4 Å². The van der Waals surface area contributed by atoms with E-state index in [1.54, 1.807) is 24.3 Å². The molecule has 0 unspecified atom stereocenters. The van der Waals surface area contributed by atoms with Crippen molar-refractivity contribution in [3.63, 3.8) is 0 Å². The van der Waals surface area contributed by atoms with Crippen LogP contribution < -0.4 is 4.74 Å². The van der Waals surface area contributed by atoms with E-state index >= 15 is 0 Å². The van der Waals surface area contributed by atoms with Gasteiger partial charge in [0.25, 0.3) is 0 Å². The number of aromatic hydroxyl groups is 1. The first-order valence-electron chi connectivity index (χ1n) is 9.81. The largest absolute Gasteiger partial charge is 0.507 e. The van der Waals surface area contributed by atoms with Crippen LogP contribution in [-0.2, 0) is 9.84 Å². The molecule has 6 nitrogen and oxygen atoms in total. The summed E-state index contributed by atoms with van der Waals surface area (Å²) in [5.74, 6) is -1.32. The monoisotopic (exact) mass is 418 g/mol. The molecule has 0 aromatic heterocycles. The molecule has 2 aromatic rings. The van der Waals surface area contributed by atoms with Crippen molar-refractivity contribution in [1.82, 2.24) is 0 Å². The first-order valence-corrected chi connectivity index (χ1v) is 11.5. The second-order valence-corrected chi connectivity index (χ2v) is 9.60. The highest BCUT2D eigenvalue weighted by molar-refractivity contribution is 7.91. The number of hydrogen-bond acceptors (Lipinski definition) is 5. The van der Waals surface area contributed by atoms with E-state index in [1.807, 2.05) is 6.92 Å². The summed E-state index contributed by atoms with van der Waals surface area (Å²) in [6.45, 7) is 1.81. The number of benzene rings is 2. The van der Waals surface area contributed by atoms with E-state index in [0.29, 0.717) is 11.3 Å². The lowest BCUT2D eigenvalue weighted by molar-refractivity contribution is 0.0693. The van der Waals surface area contributed by atoms with Crippen molar-refractivity contribution in [1.29, 1.82) is 0 Å². The van der Waals surface area contributed by atoms with E-state index in [0.717, 1.165) is 37.7 Å². The first kappa shape index (κ1) is 21.2. The van der Waals surface area contributed by atoms with Crippen LogP contribution in [0.4, 0.5) is 0 Å². The van der Waals surface area contributed by atoms with Crippen molar-refractivity contribution in [3.8, 4) is 11.5 Å². The van der Waals surface area contributed by atoms with Crippen LogP contribution >= 0.6 is 0 Å². The predicted octanol–water partition coefficient (Wildman–Crippen LogP) is 4.30. The Hall–Kier alpha value is -2.54. The second kappa shape index (κ2) is 8.86. The fourth-order valence-electron chi connectivity index (χ4n) is 3.80. The summed E-state index contributed by atoms with van der Waals surface area (Å²) in [7, 11) is -3.50. The number of carboxylic acids is 1. The first-order chi connectivity index (χ1) is 13.8. The highest BCUT2D eigenvalue weighted by Crippen LogP contribution is 2.43. The van der Waals surface area contributed by atoms with Gasteiger partial charge in [-0.15, -0.1) is 0 Å². The van der Waals surface area contributed by atoms with Crippen LogP contribution in [0.5, 0.6) is 11.5 Å². The van der Waals surface area contributed by atoms with Crippen molar-refractivity contribution in [2.45, 2.75) is 49.8 Å². The standard InChI is InChI=1S/C22H26O6S/c1-15-7-9-17(10-8-15)29(26,27)14-13-28-19-12-11-18(22(24)25)21(23)20(19)16-5-3-2-4-6-16/h7-12,16,23H,2-6,13-14H2,1H3,(H,24,25). The average Bonchev–Trinajstić information content (AvgIpc) is 2.69. The molecule has 2 aromatic carbocycles. The molecule has 2 N–H and O–H groups in total. The summed E-state index contributed by atoms with van der Waals surface area (Å²) in [5.41, 5.74) is 1.30. The van der Waals surface area contributed by atoms with Crippen LogP contribution in [0.2, 0.25) is 0 Å². The highest BCUT2D eigenvalue weighted by atomic mass is 32.2. The third kappa shape index (κ3) is 4.90. The number of aromatic carboxylic acids is 1. The van der Waals surface area contributed by atoms with Gasteiger partial charge in [0, 0.05) is 5.56 Å². The Labute approximate surface area is 171 Å². The molecule has 1 aliphatic rings. The zero-order valence-corrected chi connectivity index (χ0v) is 17.2. The molecule has 0 radical (unpaired) electrons. The number of ether oxygens (including phenoxy) is 1. The van der Waals surface area contributed by atoms with Gasteiger partial charge in [-0.25, -0.2) is 13.2 Å². The van der Waals surface area contributed by atoms with E-state index in [2.05, 4.69) is 0 Å². The SMILES string of the molecule is Cc1ccc(S(=O)(=O)CCOc2ccc(C(=O)O)c(O)c2C2CCCCC2)cc1. The minimum Gasteiger partial charge on any atom is -0.507 e. The Balaban J connectivity index is 1.80. The summed E-state index contributed by atoms with van der Waals surface area (Å²) < 4.78 is 30.8. The van der Waals surface area contributed by atoms with Crippen LogP contribution in [0.15, 0.2) is 41.3 Å². The normalized spacial score (nSPS) is 15.2. The topological polar surface area (TPSA) is 101 Å². The zero-order valence-electron chi connectivity index (χ0n) is 16.4. The number of carboxylic acid groups (broad SMARTS) is 1. The maximum atomic E-state index is 12.5. The number of rotatable bonds is 7. The maximum Gasteiger partial charge on any atom is 0.339 e. The molecular formula is C22H26O6S. The van der Waals surface area contributed by atoms with E-state index in [4.69, 9.17) is 4.74 Å². The van der Waals surface area contributed by atoms with Gasteiger partial charge in [-0.05, 0) is 49.9 Å². The van der Waals surface area contributed by atoms with Gasteiger partial charge in [0.15, 0.2) is 9.84 Å². The second-order valence-electron chi connectivity index (χ2n) is 7.49. The molecule has 0 heterocycles. The quantitative estimate of drug-likeness (QED) is 0.695. The molecule has 0 amide bonds. The number of phenols is 1. The van der Waals surface area contributed by atoms with E-state index in [9.17, 15) is 23.4 Å². The van der Waals surface area contributed by atoms with Gasteiger partial charge < -0.3 is 14.9 Å². The highest BCUT2D eigenvalue weighted by Gasteiger charge is 2.26. The molecule has 156 valence electrons. The molecule has 29 heavy (non-hydrogen) atoms. The number of sulfone groups is 1. The van der Waals surface area contributed by atoms with Gasteiger partial charge in [-0.2, -0.15) is 0 Å². The van der Waals surface area contributed by atoms with Crippen LogP contribution in [0, 0.1) is 6.92 Å². The molecule has 0 bridgehead atoms.